The van der Waals surface area contributed by atoms with E-state index in [9.17, 15) is 0 Å². The standard InChI is InChI=1S/C14H13N4O/c1-19-9-10-5-2-3-6-11(10)12-7-4-8-18-13(12)16-14(15)17-18/h2-8,15H,9H2,1H3. The lowest BCUT2D eigenvalue weighted by molar-refractivity contribution is 0.185. The van der Waals surface area contributed by atoms with Gasteiger partial charge in [0.05, 0.1) is 6.61 Å². The molecule has 0 aliphatic heterocycles. The maximum absolute atomic E-state index is 7.55. The minimum Gasteiger partial charge on any atom is -0.380 e. The van der Waals surface area contributed by atoms with Crippen molar-refractivity contribution < 1.29 is 4.74 Å². The van der Waals surface area contributed by atoms with Crippen molar-refractivity contribution in [3.8, 4) is 11.1 Å². The molecule has 2 heterocycles. The van der Waals surface area contributed by atoms with E-state index in [-0.39, 0.29) is 5.95 Å². The molecule has 0 bridgehead atoms. The van der Waals surface area contributed by atoms with Crippen LogP contribution in [0.5, 0.6) is 0 Å². The van der Waals surface area contributed by atoms with E-state index in [2.05, 4.69) is 10.1 Å². The van der Waals surface area contributed by atoms with Gasteiger partial charge in [0.1, 0.15) is 0 Å². The van der Waals surface area contributed by atoms with Crippen LogP contribution in [0.25, 0.3) is 16.8 Å². The van der Waals surface area contributed by atoms with Gasteiger partial charge in [-0.05, 0) is 23.3 Å². The lowest BCUT2D eigenvalue weighted by atomic mass is 10.0. The lowest BCUT2D eigenvalue weighted by Gasteiger charge is -2.09. The van der Waals surface area contributed by atoms with Gasteiger partial charge in [-0.2, -0.15) is 4.98 Å². The zero-order chi connectivity index (χ0) is 13.2. The topological polar surface area (TPSA) is 63.2 Å². The van der Waals surface area contributed by atoms with Crippen LogP contribution in [0.3, 0.4) is 0 Å². The van der Waals surface area contributed by atoms with Crippen LogP contribution in [0.15, 0.2) is 42.6 Å². The van der Waals surface area contributed by atoms with Crippen molar-refractivity contribution in [2.45, 2.75) is 6.61 Å². The molecular formula is C14H13N4O. The third kappa shape index (κ3) is 2.04. The molecule has 95 valence electrons. The largest absolute Gasteiger partial charge is 0.380 e. The van der Waals surface area contributed by atoms with Crippen molar-refractivity contribution in [1.29, 1.82) is 0 Å². The van der Waals surface area contributed by atoms with Gasteiger partial charge in [-0.25, -0.2) is 4.52 Å². The second-order valence-corrected chi connectivity index (χ2v) is 4.22. The maximum atomic E-state index is 7.55. The Labute approximate surface area is 110 Å². The van der Waals surface area contributed by atoms with Gasteiger partial charge in [0.25, 0.3) is 5.95 Å². The molecule has 0 amide bonds. The highest BCUT2D eigenvalue weighted by atomic mass is 16.5. The third-order valence-corrected chi connectivity index (χ3v) is 2.97. The van der Waals surface area contributed by atoms with Crippen molar-refractivity contribution in [2.75, 3.05) is 7.11 Å². The molecule has 0 saturated heterocycles. The van der Waals surface area contributed by atoms with Crippen LogP contribution in [0.1, 0.15) is 5.56 Å². The fourth-order valence-corrected chi connectivity index (χ4v) is 2.18. The molecule has 0 atom stereocenters. The van der Waals surface area contributed by atoms with E-state index >= 15 is 0 Å². The minimum absolute atomic E-state index is 0.0247. The first-order valence-electron chi connectivity index (χ1n) is 5.94. The minimum atomic E-state index is 0.0247. The molecule has 5 heteroatoms. The number of hydrogen-bond acceptors (Lipinski definition) is 3. The molecule has 3 rings (SSSR count). The fraction of sp³-hybridized carbons (Fsp3) is 0.143. The van der Waals surface area contributed by atoms with Crippen molar-refractivity contribution in [1.82, 2.24) is 20.3 Å². The van der Waals surface area contributed by atoms with Crippen LogP contribution >= 0.6 is 0 Å². The fourth-order valence-electron chi connectivity index (χ4n) is 2.18. The van der Waals surface area contributed by atoms with Crippen LogP contribution in [-0.2, 0) is 11.3 Å². The van der Waals surface area contributed by atoms with Gasteiger partial charge >= 0.3 is 0 Å². The van der Waals surface area contributed by atoms with Crippen molar-refractivity contribution in [2.24, 2.45) is 0 Å². The molecule has 0 spiro atoms. The van der Waals surface area contributed by atoms with Crippen LogP contribution < -0.4 is 5.73 Å². The predicted octanol–water partition coefficient (Wildman–Crippen LogP) is 2.46. The van der Waals surface area contributed by atoms with Crippen molar-refractivity contribution in [3.05, 3.63) is 48.2 Å². The zero-order valence-electron chi connectivity index (χ0n) is 10.5. The summed E-state index contributed by atoms with van der Waals surface area (Å²) in [6.45, 7) is 0.541. The molecule has 19 heavy (non-hydrogen) atoms. The number of fused-ring (bicyclic) bond motifs is 1. The molecule has 2 aromatic heterocycles. The van der Waals surface area contributed by atoms with Gasteiger partial charge in [0.15, 0.2) is 5.65 Å². The molecule has 0 fully saturated rings. The number of rotatable bonds is 3. The first-order chi connectivity index (χ1) is 9.29. The number of methoxy groups -OCH3 is 1. The number of benzene rings is 1. The van der Waals surface area contributed by atoms with Gasteiger partial charge < -0.3 is 4.74 Å². The average molecular weight is 253 g/mol. The second kappa shape index (κ2) is 4.70. The molecule has 3 aromatic rings. The summed E-state index contributed by atoms with van der Waals surface area (Å²) in [5.41, 5.74) is 11.3. The predicted molar refractivity (Wildman–Crippen MR) is 71.9 cm³/mol. The zero-order valence-corrected chi connectivity index (χ0v) is 10.5. The Bertz CT molecular complexity index is 720. The van der Waals surface area contributed by atoms with E-state index in [1.165, 1.54) is 0 Å². The quantitative estimate of drug-likeness (QED) is 0.720. The summed E-state index contributed by atoms with van der Waals surface area (Å²) < 4.78 is 6.85. The van der Waals surface area contributed by atoms with Gasteiger partial charge in [-0.15, -0.1) is 5.10 Å². The average Bonchev–Trinajstić information content (AvgIpc) is 2.80. The summed E-state index contributed by atoms with van der Waals surface area (Å²) in [5.74, 6) is 0.0247. The Hall–Kier alpha value is -2.40. The van der Waals surface area contributed by atoms with Crippen LogP contribution in [0.2, 0.25) is 0 Å². The first kappa shape index (κ1) is 11.7. The Morgan fingerprint density at radius 2 is 1.95 bits per heavy atom. The van der Waals surface area contributed by atoms with Gasteiger partial charge in [-0.1, -0.05) is 24.3 Å². The van der Waals surface area contributed by atoms with E-state index in [1.807, 2.05) is 36.4 Å². The van der Waals surface area contributed by atoms with Crippen molar-refractivity contribution in [3.63, 3.8) is 0 Å². The molecular weight excluding hydrogens is 240 g/mol. The molecule has 0 saturated carbocycles. The summed E-state index contributed by atoms with van der Waals surface area (Å²) in [5, 5.41) is 4.02. The van der Waals surface area contributed by atoms with Crippen LogP contribution in [0, 0.1) is 0 Å². The highest BCUT2D eigenvalue weighted by Gasteiger charge is 2.11. The van der Waals surface area contributed by atoms with E-state index in [1.54, 1.807) is 17.8 Å². The highest BCUT2D eigenvalue weighted by molar-refractivity contribution is 5.79. The molecule has 1 N–H and O–H groups in total. The molecule has 5 nitrogen and oxygen atoms in total. The normalized spacial score (nSPS) is 11.0. The Kier molecular flexibility index (Phi) is 2.89. The smallest absolute Gasteiger partial charge is 0.261 e. The molecule has 1 radical (unpaired) electrons. The molecule has 1 aromatic carbocycles. The maximum Gasteiger partial charge on any atom is 0.261 e. The number of pyridine rings is 1. The Morgan fingerprint density at radius 3 is 2.79 bits per heavy atom. The highest BCUT2D eigenvalue weighted by Crippen LogP contribution is 2.27. The summed E-state index contributed by atoms with van der Waals surface area (Å²) in [6.07, 6.45) is 1.79. The molecule has 0 aliphatic rings. The second-order valence-electron chi connectivity index (χ2n) is 4.22. The molecule has 0 unspecified atom stereocenters. The third-order valence-electron chi connectivity index (χ3n) is 2.97. The van der Waals surface area contributed by atoms with Crippen LogP contribution in [-0.4, -0.2) is 21.7 Å². The lowest BCUT2D eigenvalue weighted by Crippen LogP contribution is -1.95. The Morgan fingerprint density at radius 1 is 1.16 bits per heavy atom. The number of nitrogens with zero attached hydrogens (tertiary/aromatic N) is 3. The number of nitrogens with one attached hydrogen (secondary N) is 1. The summed E-state index contributed by atoms with van der Waals surface area (Å²) in [6, 6.07) is 11.9. The van der Waals surface area contributed by atoms with E-state index in [4.69, 9.17) is 10.5 Å². The Balaban J connectivity index is 2.24. The number of ether oxygens (including phenoxy) is 1. The molecule has 0 aliphatic carbocycles. The monoisotopic (exact) mass is 253 g/mol. The van der Waals surface area contributed by atoms with E-state index in [0.717, 1.165) is 16.7 Å². The summed E-state index contributed by atoms with van der Waals surface area (Å²) in [4.78, 5) is 4.17. The van der Waals surface area contributed by atoms with E-state index in [0.29, 0.717) is 12.3 Å². The SMILES string of the molecule is COCc1ccccc1-c1cccn2nc([NH])nc12. The summed E-state index contributed by atoms with van der Waals surface area (Å²) in [7, 11) is 1.68. The van der Waals surface area contributed by atoms with Crippen LogP contribution in [0.4, 0.5) is 5.95 Å². The summed E-state index contributed by atoms with van der Waals surface area (Å²) >= 11 is 0. The van der Waals surface area contributed by atoms with Gasteiger partial charge in [0.2, 0.25) is 0 Å². The van der Waals surface area contributed by atoms with E-state index < -0.39 is 0 Å². The van der Waals surface area contributed by atoms with Crippen molar-refractivity contribution >= 4 is 11.6 Å². The first-order valence-corrected chi connectivity index (χ1v) is 5.94. The number of aromatic nitrogens is 3. The number of hydrogen-bond donors (Lipinski definition) is 0. The van der Waals surface area contributed by atoms with Gasteiger partial charge in [0, 0.05) is 18.9 Å². The van der Waals surface area contributed by atoms with Gasteiger partial charge in [-0.3, -0.25) is 5.73 Å².